The first-order chi connectivity index (χ1) is 9.86. The Bertz CT molecular complexity index is 639. The highest BCUT2D eigenvalue weighted by molar-refractivity contribution is 6.01. The van der Waals surface area contributed by atoms with E-state index in [1.54, 1.807) is 24.3 Å². The zero-order valence-electron chi connectivity index (χ0n) is 10.7. The number of anilines is 3. The third-order valence-electron chi connectivity index (χ3n) is 2.68. The Morgan fingerprint density at radius 1 is 0.952 bits per heavy atom. The molecule has 0 radical (unpaired) electrons. The molecule has 2 rings (SSSR count). The monoisotopic (exact) mass is 295 g/mol. The van der Waals surface area contributed by atoms with Crippen LogP contribution in [-0.4, -0.2) is 6.03 Å². The molecule has 0 aliphatic rings. The maximum Gasteiger partial charge on any atom is 0.416 e. The van der Waals surface area contributed by atoms with Gasteiger partial charge in [0.15, 0.2) is 0 Å². The van der Waals surface area contributed by atoms with Crippen LogP contribution in [0.2, 0.25) is 0 Å². The van der Waals surface area contributed by atoms with E-state index in [0.29, 0.717) is 11.4 Å². The summed E-state index contributed by atoms with van der Waals surface area (Å²) in [5, 5.41) is 4.93. The molecule has 0 saturated heterocycles. The molecule has 0 bridgehead atoms. The van der Waals surface area contributed by atoms with E-state index < -0.39 is 17.8 Å². The van der Waals surface area contributed by atoms with Gasteiger partial charge in [-0.05, 0) is 36.4 Å². The van der Waals surface area contributed by atoms with Crippen molar-refractivity contribution in [3.05, 3.63) is 54.1 Å². The second-order valence-corrected chi connectivity index (χ2v) is 4.24. The lowest BCUT2D eigenvalue weighted by Gasteiger charge is -2.10. The Hall–Kier alpha value is -2.70. The number of halogens is 3. The molecule has 110 valence electrons. The van der Waals surface area contributed by atoms with Crippen molar-refractivity contribution in [2.75, 3.05) is 16.4 Å². The molecule has 2 aromatic rings. The van der Waals surface area contributed by atoms with Gasteiger partial charge in [0.2, 0.25) is 0 Å². The number of hydrogen-bond acceptors (Lipinski definition) is 2. The lowest BCUT2D eigenvalue weighted by Crippen LogP contribution is -2.20. The van der Waals surface area contributed by atoms with Crippen molar-refractivity contribution in [1.82, 2.24) is 0 Å². The molecule has 21 heavy (non-hydrogen) atoms. The Morgan fingerprint density at radius 2 is 1.57 bits per heavy atom. The summed E-state index contributed by atoms with van der Waals surface area (Å²) in [6, 6.07) is 10.2. The van der Waals surface area contributed by atoms with E-state index in [9.17, 15) is 18.0 Å². The molecule has 0 saturated carbocycles. The average molecular weight is 295 g/mol. The van der Waals surface area contributed by atoms with E-state index in [1.165, 1.54) is 12.1 Å². The van der Waals surface area contributed by atoms with Crippen LogP contribution in [0, 0.1) is 0 Å². The van der Waals surface area contributed by atoms with E-state index in [4.69, 9.17) is 5.73 Å². The van der Waals surface area contributed by atoms with Crippen LogP contribution < -0.4 is 16.4 Å². The predicted octanol–water partition coefficient (Wildman–Crippen LogP) is 3.93. The summed E-state index contributed by atoms with van der Waals surface area (Å²) in [7, 11) is 0. The molecular formula is C14H12F3N3O. The number of nitrogens with one attached hydrogen (secondary N) is 2. The molecule has 0 fully saturated rings. The Kier molecular flexibility index (Phi) is 4.02. The Balaban J connectivity index is 2.02. The summed E-state index contributed by atoms with van der Waals surface area (Å²) in [4.78, 5) is 11.7. The predicted molar refractivity (Wildman–Crippen MR) is 74.9 cm³/mol. The first kappa shape index (κ1) is 14.7. The number of urea groups is 1. The van der Waals surface area contributed by atoms with Crippen molar-refractivity contribution in [2.24, 2.45) is 0 Å². The van der Waals surface area contributed by atoms with Gasteiger partial charge in [-0.15, -0.1) is 0 Å². The summed E-state index contributed by atoms with van der Waals surface area (Å²) in [6.07, 6.45) is -4.40. The molecule has 2 aromatic carbocycles. The summed E-state index contributed by atoms with van der Waals surface area (Å²) >= 11 is 0. The molecule has 4 N–H and O–H groups in total. The average Bonchev–Trinajstić information content (AvgIpc) is 2.41. The SMILES string of the molecule is Nc1ccccc1NC(=O)Nc1ccc(C(F)(F)F)cc1. The summed E-state index contributed by atoms with van der Waals surface area (Å²) in [5.41, 5.74) is 5.94. The van der Waals surface area contributed by atoms with Crippen LogP contribution in [0.25, 0.3) is 0 Å². The molecule has 0 aromatic heterocycles. The van der Waals surface area contributed by atoms with Crippen LogP contribution in [0.5, 0.6) is 0 Å². The highest BCUT2D eigenvalue weighted by Crippen LogP contribution is 2.29. The van der Waals surface area contributed by atoms with Gasteiger partial charge in [-0.3, -0.25) is 0 Å². The fourth-order valence-corrected chi connectivity index (χ4v) is 1.64. The van der Waals surface area contributed by atoms with Crippen LogP contribution in [0.4, 0.5) is 35.0 Å². The van der Waals surface area contributed by atoms with Crippen LogP contribution in [0.1, 0.15) is 5.56 Å². The van der Waals surface area contributed by atoms with E-state index in [-0.39, 0.29) is 5.69 Å². The normalized spacial score (nSPS) is 11.0. The molecule has 0 unspecified atom stereocenters. The molecule has 2 amide bonds. The molecule has 0 aliphatic heterocycles. The minimum Gasteiger partial charge on any atom is -0.397 e. The Labute approximate surface area is 118 Å². The zero-order chi connectivity index (χ0) is 15.5. The lowest BCUT2D eigenvalue weighted by atomic mass is 10.2. The maximum atomic E-state index is 12.4. The second kappa shape index (κ2) is 5.74. The summed E-state index contributed by atoms with van der Waals surface area (Å²) in [5.74, 6) is 0. The fourth-order valence-electron chi connectivity index (χ4n) is 1.64. The van der Waals surface area contributed by atoms with Crippen molar-refractivity contribution >= 4 is 23.1 Å². The first-order valence-electron chi connectivity index (χ1n) is 5.96. The number of carbonyl (C=O) groups excluding carboxylic acids is 1. The van der Waals surface area contributed by atoms with E-state index in [2.05, 4.69) is 10.6 Å². The van der Waals surface area contributed by atoms with Gasteiger partial charge in [0.05, 0.1) is 16.9 Å². The largest absolute Gasteiger partial charge is 0.416 e. The maximum absolute atomic E-state index is 12.4. The fraction of sp³-hybridized carbons (Fsp3) is 0.0714. The number of nitrogens with two attached hydrogens (primary N) is 1. The van der Waals surface area contributed by atoms with Crippen LogP contribution in [0.3, 0.4) is 0 Å². The number of nitrogen functional groups attached to an aromatic ring is 1. The van der Waals surface area contributed by atoms with Gasteiger partial charge in [-0.1, -0.05) is 12.1 Å². The smallest absolute Gasteiger partial charge is 0.397 e. The van der Waals surface area contributed by atoms with Crippen molar-refractivity contribution < 1.29 is 18.0 Å². The molecule has 0 atom stereocenters. The zero-order valence-corrected chi connectivity index (χ0v) is 10.7. The van der Waals surface area contributed by atoms with Crippen molar-refractivity contribution in [3.8, 4) is 0 Å². The standard InChI is InChI=1S/C14H12F3N3O/c15-14(16,17)9-5-7-10(8-6-9)19-13(21)20-12-4-2-1-3-11(12)18/h1-8H,18H2,(H2,19,20,21). The van der Waals surface area contributed by atoms with E-state index in [0.717, 1.165) is 12.1 Å². The quantitative estimate of drug-likeness (QED) is 0.735. The minimum atomic E-state index is -4.40. The number of alkyl halides is 3. The number of benzene rings is 2. The van der Waals surface area contributed by atoms with Crippen LogP contribution in [-0.2, 0) is 6.18 Å². The Morgan fingerprint density at radius 3 is 2.14 bits per heavy atom. The number of carbonyl (C=O) groups is 1. The van der Waals surface area contributed by atoms with Gasteiger partial charge in [0, 0.05) is 5.69 Å². The molecule has 4 nitrogen and oxygen atoms in total. The van der Waals surface area contributed by atoms with Crippen LogP contribution >= 0.6 is 0 Å². The number of rotatable bonds is 2. The van der Waals surface area contributed by atoms with E-state index >= 15 is 0 Å². The number of para-hydroxylation sites is 2. The molecule has 7 heteroatoms. The van der Waals surface area contributed by atoms with Gasteiger partial charge >= 0.3 is 12.2 Å². The molecule has 0 spiro atoms. The second-order valence-electron chi connectivity index (χ2n) is 4.24. The van der Waals surface area contributed by atoms with Crippen molar-refractivity contribution in [2.45, 2.75) is 6.18 Å². The topological polar surface area (TPSA) is 67.1 Å². The number of hydrogen-bond donors (Lipinski definition) is 3. The van der Waals surface area contributed by atoms with E-state index in [1.807, 2.05) is 0 Å². The molecular weight excluding hydrogens is 283 g/mol. The molecule has 0 aliphatic carbocycles. The highest BCUT2D eigenvalue weighted by atomic mass is 19.4. The highest BCUT2D eigenvalue weighted by Gasteiger charge is 2.29. The van der Waals surface area contributed by atoms with Gasteiger partial charge in [-0.2, -0.15) is 13.2 Å². The van der Waals surface area contributed by atoms with Crippen molar-refractivity contribution in [1.29, 1.82) is 0 Å². The van der Waals surface area contributed by atoms with Gasteiger partial charge in [0.25, 0.3) is 0 Å². The van der Waals surface area contributed by atoms with Crippen LogP contribution in [0.15, 0.2) is 48.5 Å². The number of amides is 2. The lowest BCUT2D eigenvalue weighted by molar-refractivity contribution is -0.137. The summed E-state index contributed by atoms with van der Waals surface area (Å²) in [6.45, 7) is 0. The van der Waals surface area contributed by atoms with Gasteiger partial charge in [-0.25, -0.2) is 4.79 Å². The minimum absolute atomic E-state index is 0.245. The van der Waals surface area contributed by atoms with Gasteiger partial charge in [0.1, 0.15) is 0 Å². The molecule has 0 heterocycles. The third kappa shape index (κ3) is 3.88. The van der Waals surface area contributed by atoms with Gasteiger partial charge < -0.3 is 16.4 Å². The van der Waals surface area contributed by atoms with Crippen molar-refractivity contribution in [3.63, 3.8) is 0 Å². The summed E-state index contributed by atoms with van der Waals surface area (Å²) < 4.78 is 37.2. The third-order valence-corrected chi connectivity index (χ3v) is 2.68. The first-order valence-corrected chi connectivity index (χ1v) is 5.96.